The number of benzene rings is 1. The number of anilines is 1. The Kier molecular flexibility index (Phi) is 4.88. The zero-order chi connectivity index (χ0) is 16.2. The van der Waals surface area contributed by atoms with Crippen LogP contribution in [0.2, 0.25) is 0 Å². The standard InChI is InChI=1S/C13H16N2O6S/c1-18-11-5-4-10(12(8-11)19-2)9-15(22(16,17)20-3)13-14-6-7-21-13/h4-8H,9H2,1-3H3. The van der Waals surface area contributed by atoms with E-state index in [-0.39, 0.29) is 12.6 Å². The van der Waals surface area contributed by atoms with Gasteiger partial charge >= 0.3 is 16.3 Å². The Balaban J connectivity index is 2.40. The first-order chi connectivity index (χ1) is 10.5. The van der Waals surface area contributed by atoms with E-state index in [4.69, 9.17) is 13.9 Å². The zero-order valence-electron chi connectivity index (χ0n) is 12.3. The second kappa shape index (κ2) is 6.67. The van der Waals surface area contributed by atoms with Gasteiger partial charge in [0.15, 0.2) is 0 Å². The van der Waals surface area contributed by atoms with Gasteiger partial charge in [0.1, 0.15) is 17.8 Å². The van der Waals surface area contributed by atoms with Gasteiger partial charge in [0.05, 0.1) is 34.1 Å². The Morgan fingerprint density at radius 1 is 1.23 bits per heavy atom. The molecule has 0 unspecified atom stereocenters. The molecule has 0 amide bonds. The van der Waals surface area contributed by atoms with Gasteiger partial charge < -0.3 is 13.9 Å². The first-order valence-corrected chi connectivity index (χ1v) is 7.57. The fraction of sp³-hybridized carbons (Fsp3) is 0.308. The van der Waals surface area contributed by atoms with Gasteiger partial charge in [-0.25, -0.2) is 4.98 Å². The maximum Gasteiger partial charge on any atom is 0.366 e. The van der Waals surface area contributed by atoms with Gasteiger partial charge in [-0.2, -0.15) is 12.7 Å². The Hall–Kier alpha value is -2.26. The van der Waals surface area contributed by atoms with Crippen molar-refractivity contribution in [3.8, 4) is 11.5 Å². The number of nitrogens with zero attached hydrogens (tertiary/aromatic N) is 2. The van der Waals surface area contributed by atoms with E-state index in [2.05, 4.69) is 9.17 Å². The fourth-order valence-electron chi connectivity index (χ4n) is 1.81. The van der Waals surface area contributed by atoms with Crippen molar-refractivity contribution in [2.75, 3.05) is 25.6 Å². The normalized spacial score (nSPS) is 11.2. The average molecular weight is 328 g/mol. The van der Waals surface area contributed by atoms with Crippen molar-refractivity contribution < 1.29 is 26.5 Å². The van der Waals surface area contributed by atoms with E-state index >= 15 is 0 Å². The van der Waals surface area contributed by atoms with Crippen molar-refractivity contribution in [3.05, 3.63) is 36.2 Å². The third-order valence-electron chi connectivity index (χ3n) is 2.92. The Labute approximate surface area is 128 Å². The van der Waals surface area contributed by atoms with E-state index in [1.807, 2.05) is 0 Å². The lowest BCUT2D eigenvalue weighted by molar-refractivity contribution is 0.384. The molecule has 0 N–H and O–H groups in total. The van der Waals surface area contributed by atoms with Crippen LogP contribution in [0, 0.1) is 0 Å². The molecular formula is C13H16N2O6S. The third kappa shape index (κ3) is 3.31. The summed E-state index contributed by atoms with van der Waals surface area (Å²) in [6.07, 6.45) is 2.62. The lowest BCUT2D eigenvalue weighted by Crippen LogP contribution is -2.31. The van der Waals surface area contributed by atoms with E-state index in [1.54, 1.807) is 18.2 Å². The summed E-state index contributed by atoms with van der Waals surface area (Å²) in [7, 11) is 0.0495. The van der Waals surface area contributed by atoms with Crippen LogP contribution in [-0.2, 0) is 21.0 Å². The molecule has 120 valence electrons. The molecule has 9 heteroatoms. The summed E-state index contributed by atoms with van der Waals surface area (Å²) >= 11 is 0. The predicted molar refractivity (Wildman–Crippen MR) is 78.2 cm³/mol. The molecular weight excluding hydrogens is 312 g/mol. The third-order valence-corrected chi connectivity index (χ3v) is 4.17. The predicted octanol–water partition coefficient (Wildman–Crippen LogP) is 1.59. The minimum absolute atomic E-state index is 0.0656. The Morgan fingerprint density at radius 2 is 2.00 bits per heavy atom. The van der Waals surface area contributed by atoms with E-state index in [0.29, 0.717) is 17.1 Å². The Morgan fingerprint density at radius 3 is 2.55 bits per heavy atom. The zero-order valence-corrected chi connectivity index (χ0v) is 13.2. The van der Waals surface area contributed by atoms with Crippen molar-refractivity contribution in [3.63, 3.8) is 0 Å². The van der Waals surface area contributed by atoms with Crippen molar-refractivity contribution in [1.29, 1.82) is 0 Å². The summed E-state index contributed by atoms with van der Waals surface area (Å²) in [5.74, 6) is 1.07. The van der Waals surface area contributed by atoms with Crippen LogP contribution in [0.15, 0.2) is 35.1 Å². The summed E-state index contributed by atoms with van der Waals surface area (Å²) in [5.41, 5.74) is 0.599. The highest BCUT2D eigenvalue weighted by Crippen LogP contribution is 2.28. The molecule has 2 aromatic rings. The number of oxazole rings is 1. The molecule has 1 aromatic carbocycles. The van der Waals surface area contributed by atoms with Gasteiger partial charge in [-0.05, 0) is 12.1 Å². The van der Waals surface area contributed by atoms with E-state index in [0.717, 1.165) is 11.4 Å². The molecule has 2 rings (SSSR count). The van der Waals surface area contributed by atoms with Gasteiger partial charge in [0.25, 0.3) is 0 Å². The highest BCUT2D eigenvalue weighted by Gasteiger charge is 2.27. The number of rotatable bonds is 7. The lowest BCUT2D eigenvalue weighted by Gasteiger charge is -2.20. The highest BCUT2D eigenvalue weighted by atomic mass is 32.2. The topological polar surface area (TPSA) is 91.1 Å². The van der Waals surface area contributed by atoms with Crippen LogP contribution in [0.5, 0.6) is 11.5 Å². The van der Waals surface area contributed by atoms with E-state index < -0.39 is 10.3 Å². The van der Waals surface area contributed by atoms with Crippen LogP contribution in [-0.4, -0.2) is 34.7 Å². The maximum absolute atomic E-state index is 12.1. The second-order valence-corrected chi connectivity index (χ2v) is 5.75. The van der Waals surface area contributed by atoms with Crippen molar-refractivity contribution in [2.24, 2.45) is 0 Å². The molecule has 1 heterocycles. The molecule has 0 saturated heterocycles. The van der Waals surface area contributed by atoms with Gasteiger partial charge in [-0.1, -0.05) is 0 Å². The number of ether oxygens (including phenoxy) is 2. The van der Waals surface area contributed by atoms with Crippen LogP contribution >= 0.6 is 0 Å². The molecule has 0 atom stereocenters. The number of methoxy groups -OCH3 is 2. The monoisotopic (exact) mass is 328 g/mol. The lowest BCUT2D eigenvalue weighted by atomic mass is 10.2. The Bertz CT molecular complexity index is 714. The van der Waals surface area contributed by atoms with Crippen LogP contribution in [0.25, 0.3) is 0 Å². The van der Waals surface area contributed by atoms with Crippen molar-refractivity contribution in [2.45, 2.75) is 6.54 Å². The van der Waals surface area contributed by atoms with E-state index in [9.17, 15) is 8.42 Å². The molecule has 0 aliphatic carbocycles. The van der Waals surface area contributed by atoms with E-state index in [1.165, 1.54) is 26.7 Å². The molecule has 0 radical (unpaired) electrons. The molecule has 8 nitrogen and oxygen atoms in total. The van der Waals surface area contributed by atoms with Crippen LogP contribution in [0.1, 0.15) is 5.56 Å². The number of hydrogen-bond acceptors (Lipinski definition) is 7. The summed E-state index contributed by atoms with van der Waals surface area (Å²) in [5, 5.41) is 0. The van der Waals surface area contributed by atoms with Gasteiger partial charge in [-0.15, -0.1) is 0 Å². The summed E-state index contributed by atoms with van der Waals surface area (Å²) in [6.45, 7) is -0.0656. The number of hydrogen-bond donors (Lipinski definition) is 0. The smallest absolute Gasteiger partial charge is 0.366 e. The van der Waals surface area contributed by atoms with Crippen molar-refractivity contribution >= 4 is 16.3 Å². The van der Waals surface area contributed by atoms with Crippen LogP contribution in [0.3, 0.4) is 0 Å². The first-order valence-electron chi connectivity index (χ1n) is 6.20. The molecule has 22 heavy (non-hydrogen) atoms. The fourth-order valence-corrected chi connectivity index (χ4v) is 2.57. The summed E-state index contributed by atoms with van der Waals surface area (Å²) in [4.78, 5) is 3.85. The molecule has 0 spiro atoms. The van der Waals surface area contributed by atoms with Crippen LogP contribution in [0.4, 0.5) is 6.01 Å². The quantitative estimate of drug-likeness (QED) is 0.762. The second-order valence-electron chi connectivity index (χ2n) is 4.12. The SMILES string of the molecule is COc1ccc(CN(c2ncco2)S(=O)(=O)OC)c(OC)c1. The molecule has 1 aromatic heterocycles. The molecule has 0 aliphatic rings. The average Bonchev–Trinajstić information content (AvgIpc) is 3.06. The maximum atomic E-state index is 12.1. The molecule has 0 saturated carbocycles. The number of aromatic nitrogens is 1. The largest absolute Gasteiger partial charge is 0.497 e. The molecule has 0 aliphatic heterocycles. The summed E-state index contributed by atoms with van der Waals surface area (Å²) < 4.78 is 45.0. The van der Waals surface area contributed by atoms with Crippen molar-refractivity contribution in [1.82, 2.24) is 4.98 Å². The molecule has 0 fully saturated rings. The van der Waals surface area contributed by atoms with Gasteiger partial charge in [-0.3, -0.25) is 4.18 Å². The first kappa shape index (κ1) is 16.1. The van der Waals surface area contributed by atoms with Gasteiger partial charge in [0, 0.05) is 11.6 Å². The van der Waals surface area contributed by atoms with Crippen LogP contribution < -0.4 is 13.8 Å². The summed E-state index contributed by atoms with van der Waals surface area (Å²) in [6, 6.07) is 4.95. The molecule has 0 bridgehead atoms. The van der Waals surface area contributed by atoms with Gasteiger partial charge in [0.2, 0.25) is 0 Å². The minimum atomic E-state index is -4.03. The highest BCUT2D eigenvalue weighted by molar-refractivity contribution is 7.88. The minimum Gasteiger partial charge on any atom is -0.497 e.